The third kappa shape index (κ3) is 3.77. The Morgan fingerprint density at radius 3 is 2.63 bits per heavy atom. The highest BCUT2D eigenvalue weighted by molar-refractivity contribution is 5.19. The molecular formula is C16H25FN2. The number of likely N-dealkylation sites (tertiary alicyclic amines) is 1. The van der Waals surface area contributed by atoms with Crippen molar-refractivity contribution in [3.05, 3.63) is 35.6 Å². The number of hydrogen-bond acceptors (Lipinski definition) is 2. The number of nitrogens with two attached hydrogens (primary N) is 1. The van der Waals surface area contributed by atoms with Gasteiger partial charge in [-0.1, -0.05) is 26.0 Å². The van der Waals surface area contributed by atoms with Crippen LogP contribution in [0.25, 0.3) is 0 Å². The SMILES string of the molecule is CC(C)C1CCCN1CCC(N)c1ccc(F)cc1. The second-order valence-corrected chi connectivity index (χ2v) is 5.94. The quantitative estimate of drug-likeness (QED) is 0.884. The van der Waals surface area contributed by atoms with Gasteiger partial charge >= 0.3 is 0 Å². The molecule has 0 spiro atoms. The maximum absolute atomic E-state index is 12.9. The third-order valence-corrected chi connectivity index (χ3v) is 4.21. The Labute approximate surface area is 115 Å². The van der Waals surface area contributed by atoms with Crippen molar-refractivity contribution in [2.45, 2.75) is 45.2 Å². The average molecular weight is 264 g/mol. The molecule has 19 heavy (non-hydrogen) atoms. The van der Waals surface area contributed by atoms with Gasteiger partial charge in [0.05, 0.1) is 0 Å². The first-order valence-corrected chi connectivity index (χ1v) is 7.33. The first-order chi connectivity index (χ1) is 9.08. The van der Waals surface area contributed by atoms with Crippen LogP contribution >= 0.6 is 0 Å². The van der Waals surface area contributed by atoms with Gasteiger partial charge in [0.2, 0.25) is 0 Å². The van der Waals surface area contributed by atoms with Gasteiger partial charge < -0.3 is 10.6 Å². The third-order valence-electron chi connectivity index (χ3n) is 4.21. The van der Waals surface area contributed by atoms with Gasteiger partial charge in [-0.15, -0.1) is 0 Å². The molecule has 1 aliphatic rings. The van der Waals surface area contributed by atoms with E-state index in [0.717, 1.165) is 18.5 Å². The van der Waals surface area contributed by atoms with Crippen LogP contribution in [0.2, 0.25) is 0 Å². The minimum Gasteiger partial charge on any atom is -0.324 e. The summed E-state index contributed by atoms with van der Waals surface area (Å²) in [5.41, 5.74) is 7.22. The molecule has 2 N–H and O–H groups in total. The monoisotopic (exact) mass is 264 g/mol. The summed E-state index contributed by atoms with van der Waals surface area (Å²) < 4.78 is 12.9. The van der Waals surface area contributed by atoms with Gasteiger partial charge in [-0.3, -0.25) is 0 Å². The molecule has 3 heteroatoms. The maximum Gasteiger partial charge on any atom is 0.123 e. The lowest BCUT2D eigenvalue weighted by atomic mass is 10.0. The fraction of sp³-hybridized carbons (Fsp3) is 0.625. The van der Waals surface area contributed by atoms with Gasteiger partial charge in [-0.25, -0.2) is 4.39 Å². The molecule has 2 atom stereocenters. The minimum absolute atomic E-state index is 0.00834. The van der Waals surface area contributed by atoms with Gasteiger partial charge in [0.15, 0.2) is 0 Å². The highest BCUT2D eigenvalue weighted by Crippen LogP contribution is 2.25. The molecule has 1 fully saturated rings. The van der Waals surface area contributed by atoms with Crippen LogP contribution in [0.1, 0.15) is 44.7 Å². The summed E-state index contributed by atoms with van der Waals surface area (Å²) >= 11 is 0. The molecule has 0 aliphatic carbocycles. The number of hydrogen-bond donors (Lipinski definition) is 1. The fourth-order valence-corrected chi connectivity index (χ4v) is 3.07. The van der Waals surface area contributed by atoms with Gasteiger partial charge in [0, 0.05) is 18.6 Å². The molecule has 0 amide bonds. The van der Waals surface area contributed by atoms with Crippen LogP contribution < -0.4 is 5.73 Å². The van der Waals surface area contributed by atoms with Gasteiger partial charge in [0.1, 0.15) is 5.82 Å². The zero-order valence-electron chi connectivity index (χ0n) is 12.0. The van der Waals surface area contributed by atoms with E-state index in [9.17, 15) is 4.39 Å². The van der Waals surface area contributed by atoms with Gasteiger partial charge in [0.25, 0.3) is 0 Å². The van der Waals surface area contributed by atoms with Crippen molar-refractivity contribution >= 4 is 0 Å². The summed E-state index contributed by atoms with van der Waals surface area (Å²) in [4.78, 5) is 2.56. The molecule has 0 saturated carbocycles. The fourth-order valence-electron chi connectivity index (χ4n) is 3.07. The van der Waals surface area contributed by atoms with E-state index < -0.39 is 0 Å². The predicted molar refractivity (Wildman–Crippen MR) is 77.4 cm³/mol. The molecule has 0 aromatic heterocycles. The van der Waals surface area contributed by atoms with E-state index in [1.807, 2.05) is 0 Å². The summed E-state index contributed by atoms with van der Waals surface area (Å²) in [6.07, 6.45) is 3.55. The van der Waals surface area contributed by atoms with Crippen LogP contribution in [0.3, 0.4) is 0 Å². The van der Waals surface area contributed by atoms with Crippen molar-refractivity contribution in [2.24, 2.45) is 11.7 Å². The molecule has 0 radical (unpaired) electrons. The molecule has 1 heterocycles. The standard InChI is InChI=1S/C16H25FN2/c1-12(2)16-4-3-10-19(16)11-9-15(18)13-5-7-14(17)8-6-13/h5-8,12,15-16H,3-4,9-11,18H2,1-2H3. The molecule has 1 saturated heterocycles. The normalized spacial score (nSPS) is 22.1. The average Bonchev–Trinajstić information content (AvgIpc) is 2.85. The minimum atomic E-state index is -0.199. The van der Waals surface area contributed by atoms with Crippen LogP contribution in [0.15, 0.2) is 24.3 Å². The van der Waals surface area contributed by atoms with Crippen LogP contribution in [-0.2, 0) is 0 Å². The van der Waals surface area contributed by atoms with E-state index in [2.05, 4.69) is 18.7 Å². The Morgan fingerprint density at radius 2 is 2.00 bits per heavy atom. The first-order valence-electron chi connectivity index (χ1n) is 7.33. The van der Waals surface area contributed by atoms with Crippen molar-refractivity contribution < 1.29 is 4.39 Å². The lowest BCUT2D eigenvalue weighted by Gasteiger charge is -2.28. The Balaban J connectivity index is 1.86. The molecule has 2 rings (SSSR count). The van der Waals surface area contributed by atoms with Crippen LogP contribution in [0, 0.1) is 11.7 Å². The summed E-state index contributed by atoms with van der Waals surface area (Å²) in [6, 6.07) is 7.28. The van der Waals surface area contributed by atoms with Crippen molar-refractivity contribution in [3.63, 3.8) is 0 Å². The molecule has 1 aliphatic heterocycles. The number of halogens is 1. The summed E-state index contributed by atoms with van der Waals surface area (Å²) in [5, 5.41) is 0. The van der Waals surface area contributed by atoms with Crippen molar-refractivity contribution in [1.82, 2.24) is 4.90 Å². The Hall–Kier alpha value is -0.930. The molecule has 2 nitrogen and oxygen atoms in total. The largest absolute Gasteiger partial charge is 0.324 e. The molecule has 106 valence electrons. The summed E-state index contributed by atoms with van der Waals surface area (Å²) in [7, 11) is 0. The van der Waals surface area contributed by atoms with Crippen LogP contribution in [0.4, 0.5) is 4.39 Å². The first kappa shape index (κ1) is 14.5. The molecule has 2 unspecified atom stereocenters. The second-order valence-electron chi connectivity index (χ2n) is 5.94. The molecule has 1 aromatic rings. The zero-order chi connectivity index (χ0) is 13.8. The van der Waals surface area contributed by atoms with Crippen LogP contribution in [0.5, 0.6) is 0 Å². The number of rotatable bonds is 5. The number of benzene rings is 1. The Bertz CT molecular complexity index is 388. The van der Waals surface area contributed by atoms with E-state index in [0.29, 0.717) is 12.0 Å². The van der Waals surface area contributed by atoms with E-state index in [-0.39, 0.29) is 11.9 Å². The molecule has 1 aromatic carbocycles. The van der Waals surface area contributed by atoms with Gasteiger partial charge in [-0.05, 0) is 49.4 Å². The van der Waals surface area contributed by atoms with E-state index in [1.54, 1.807) is 12.1 Å². The Kier molecular flexibility index (Phi) is 4.94. The van der Waals surface area contributed by atoms with Crippen molar-refractivity contribution in [2.75, 3.05) is 13.1 Å². The van der Waals surface area contributed by atoms with Crippen molar-refractivity contribution in [1.29, 1.82) is 0 Å². The smallest absolute Gasteiger partial charge is 0.123 e. The summed E-state index contributed by atoms with van der Waals surface area (Å²) in [6.45, 7) is 6.83. The zero-order valence-corrected chi connectivity index (χ0v) is 12.0. The molecule has 0 bridgehead atoms. The highest BCUT2D eigenvalue weighted by Gasteiger charge is 2.26. The molecular weight excluding hydrogens is 239 g/mol. The topological polar surface area (TPSA) is 29.3 Å². The highest BCUT2D eigenvalue weighted by atomic mass is 19.1. The maximum atomic E-state index is 12.9. The second kappa shape index (κ2) is 6.49. The predicted octanol–water partition coefficient (Wildman–Crippen LogP) is 3.34. The summed E-state index contributed by atoms with van der Waals surface area (Å²) in [5.74, 6) is 0.514. The van der Waals surface area contributed by atoms with Gasteiger partial charge in [-0.2, -0.15) is 0 Å². The van der Waals surface area contributed by atoms with Crippen LogP contribution in [-0.4, -0.2) is 24.0 Å². The van der Waals surface area contributed by atoms with Crippen molar-refractivity contribution in [3.8, 4) is 0 Å². The lowest BCUT2D eigenvalue weighted by molar-refractivity contribution is 0.200. The Morgan fingerprint density at radius 1 is 1.32 bits per heavy atom. The number of nitrogens with zero attached hydrogens (tertiary/aromatic N) is 1. The lowest BCUT2D eigenvalue weighted by Crippen LogP contribution is -2.35. The van der Waals surface area contributed by atoms with E-state index in [4.69, 9.17) is 5.73 Å². The van der Waals surface area contributed by atoms with E-state index in [1.165, 1.54) is 31.5 Å². The van der Waals surface area contributed by atoms with E-state index >= 15 is 0 Å².